The molecule has 0 aliphatic heterocycles. The number of hydrogen-bond acceptors (Lipinski definition) is 8. The number of nitrogens with one attached hydrogen (secondary N) is 2. The molecule has 5 rings (SSSR count). The third-order valence-electron chi connectivity index (χ3n) is 7.02. The number of hydrazone groups is 2. The number of hydrogen-bond donors (Lipinski definition) is 2. The highest BCUT2D eigenvalue weighted by Crippen LogP contribution is 2.29. The number of carbonyl (C=O) groups is 2. The van der Waals surface area contributed by atoms with E-state index in [2.05, 4.69) is 21.1 Å². The molecule has 242 valence electrons. The second-order valence-corrected chi connectivity index (χ2v) is 10.3. The molecule has 10 nitrogen and oxygen atoms in total. The molecule has 0 spiro atoms. The lowest BCUT2D eigenvalue weighted by Gasteiger charge is -2.11. The topological polar surface area (TPSA) is 120 Å². The molecular weight excluding hydrogens is 608 g/mol. The molecule has 2 N–H and O–H groups in total. The van der Waals surface area contributed by atoms with Crippen molar-refractivity contribution in [3.05, 3.63) is 155 Å². The van der Waals surface area contributed by atoms with Gasteiger partial charge in [-0.1, -0.05) is 60.7 Å². The summed E-state index contributed by atoms with van der Waals surface area (Å²) in [4.78, 5) is 25.2. The second-order valence-electron chi connectivity index (χ2n) is 10.3. The minimum atomic E-state index is -0.434. The van der Waals surface area contributed by atoms with E-state index in [0.717, 1.165) is 11.1 Å². The zero-order valence-electron chi connectivity index (χ0n) is 26.5. The van der Waals surface area contributed by atoms with Gasteiger partial charge in [-0.25, -0.2) is 10.9 Å². The predicted molar refractivity (Wildman–Crippen MR) is 184 cm³/mol. The van der Waals surface area contributed by atoms with Gasteiger partial charge < -0.3 is 18.9 Å². The number of rotatable bonds is 14. The molecule has 0 heterocycles. The summed E-state index contributed by atoms with van der Waals surface area (Å²) in [6, 6.07) is 36.5. The Morgan fingerprint density at radius 2 is 0.938 bits per heavy atom. The molecule has 0 radical (unpaired) electrons. The Balaban J connectivity index is 1.10. The van der Waals surface area contributed by atoms with Gasteiger partial charge in [-0.15, -0.1) is 0 Å². The quantitative estimate of drug-likeness (QED) is 0.107. The van der Waals surface area contributed by atoms with Gasteiger partial charge in [0.1, 0.15) is 13.2 Å². The molecule has 0 fully saturated rings. The molecule has 0 aromatic heterocycles. The van der Waals surface area contributed by atoms with Crippen molar-refractivity contribution in [2.24, 2.45) is 10.2 Å². The van der Waals surface area contributed by atoms with Crippen LogP contribution in [0.4, 0.5) is 0 Å². The van der Waals surface area contributed by atoms with Crippen molar-refractivity contribution in [1.29, 1.82) is 0 Å². The van der Waals surface area contributed by atoms with Crippen molar-refractivity contribution in [3.63, 3.8) is 0 Å². The van der Waals surface area contributed by atoms with Crippen molar-refractivity contribution >= 4 is 24.2 Å². The molecule has 0 aliphatic carbocycles. The van der Waals surface area contributed by atoms with E-state index in [4.69, 9.17) is 18.9 Å². The molecule has 48 heavy (non-hydrogen) atoms. The molecule has 0 bridgehead atoms. The number of ether oxygens (including phenoxy) is 4. The highest BCUT2D eigenvalue weighted by Gasteiger charge is 2.10. The summed E-state index contributed by atoms with van der Waals surface area (Å²) in [5.41, 5.74) is 9.14. The summed E-state index contributed by atoms with van der Waals surface area (Å²) < 4.78 is 22.7. The summed E-state index contributed by atoms with van der Waals surface area (Å²) in [6.45, 7) is 0.815. The maximum Gasteiger partial charge on any atom is 0.271 e. The van der Waals surface area contributed by atoms with Crippen LogP contribution in [0.5, 0.6) is 23.0 Å². The van der Waals surface area contributed by atoms with Gasteiger partial charge in [-0.05, 0) is 82.9 Å². The van der Waals surface area contributed by atoms with Crippen LogP contribution in [0, 0.1) is 0 Å². The molecule has 10 heteroatoms. The Kier molecular flexibility index (Phi) is 11.5. The van der Waals surface area contributed by atoms with Crippen LogP contribution in [0.3, 0.4) is 0 Å². The van der Waals surface area contributed by atoms with Crippen molar-refractivity contribution < 1.29 is 28.5 Å². The van der Waals surface area contributed by atoms with Crippen LogP contribution in [0.25, 0.3) is 0 Å². The molecule has 5 aromatic rings. The first kappa shape index (κ1) is 33.0. The summed E-state index contributed by atoms with van der Waals surface area (Å²) in [7, 11) is 3.12. The summed E-state index contributed by atoms with van der Waals surface area (Å²) in [6.07, 6.45) is 3.00. The van der Waals surface area contributed by atoms with E-state index in [-0.39, 0.29) is 0 Å². The average Bonchev–Trinajstić information content (AvgIpc) is 3.14. The van der Waals surface area contributed by atoms with E-state index in [9.17, 15) is 9.59 Å². The van der Waals surface area contributed by atoms with Gasteiger partial charge in [0.15, 0.2) is 23.0 Å². The minimum Gasteiger partial charge on any atom is -0.493 e. The van der Waals surface area contributed by atoms with Gasteiger partial charge in [0.2, 0.25) is 0 Å². The van der Waals surface area contributed by atoms with E-state index < -0.39 is 11.8 Å². The van der Waals surface area contributed by atoms with Crippen LogP contribution in [-0.2, 0) is 13.2 Å². The fourth-order valence-electron chi connectivity index (χ4n) is 4.47. The second kappa shape index (κ2) is 16.8. The largest absolute Gasteiger partial charge is 0.493 e. The SMILES string of the molecule is COc1cc(C=NNC(=O)c2ccc(C(=O)NN=Cc3ccc(OCc4ccccc4)c(OC)c3)cc2)ccc1OCc1ccccc1. The molecule has 0 atom stereocenters. The van der Waals surface area contributed by atoms with Gasteiger partial charge in [0.05, 0.1) is 26.6 Å². The lowest BCUT2D eigenvalue weighted by Crippen LogP contribution is -2.19. The monoisotopic (exact) mass is 642 g/mol. The lowest BCUT2D eigenvalue weighted by atomic mass is 10.1. The van der Waals surface area contributed by atoms with Gasteiger partial charge in [0, 0.05) is 11.1 Å². The average molecular weight is 643 g/mol. The van der Waals surface area contributed by atoms with Crippen molar-refractivity contribution in [2.75, 3.05) is 14.2 Å². The van der Waals surface area contributed by atoms with E-state index >= 15 is 0 Å². The number of methoxy groups -OCH3 is 2. The van der Waals surface area contributed by atoms with Crippen molar-refractivity contribution in [1.82, 2.24) is 10.9 Å². The van der Waals surface area contributed by atoms with Crippen molar-refractivity contribution in [2.45, 2.75) is 13.2 Å². The van der Waals surface area contributed by atoms with E-state index in [1.807, 2.05) is 72.8 Å². The fourth-order valence-corrected chi connectivity index (χ4v) is 4.47. The Labute approximate surface area is 278 Å². The van der Waals surface area contributed by atoms with Gasteiger partial charge in [0.25, 0.3) is 11.8 Å². The maximum absolute atomic E-state index is 12.6. The van der Waals surface area contributed by atoms with E-state index in [1.54, 1.807) is 38.5 Å². The molecule has 5 aromatic carbocycles. The van der Waals surface area contributed by atoms with Crippen LogP contribution in [0.2, 0.25) is 0 Å². The van der Waals surface area contributed by atoms with Gasteiger partial charge in [-0.3, -0.25) is 9.59 Å². The first-order valence-corrected chi connectivity index (χ1v) is 15.0. The van der Waals surface area contributed by atoms with Crippen LogP contribution in [0.1, 0.15) is 43.0 Å². The molecule has 2 amide bonds. The minimum absolute atomic E-state index is 0.330. The van der Waals surface area contributed by atoms with Crippen molar-refractivity contribution in [3.8, 4) is 23.0 Å². The zero-order chi connectivity index (χ0) is 33.6. The number of nitrogens with zero attached hydrogens (tertiary/aromatic N) is 2. The molecule has 0 saturated carbocycles. The number of carbonyl (C=O) groups excluding carboxylic acids is 2. The first-order valence-electron chi connectivity index (χ1n) is 15.0. The van der Waals surface area contributed by atoms with Gasteiger partial charge >= 0.3 is 0 Å². The number of amides is 2. The van der Waals surface area contributed by atoms with E-state index in [1.165, 1.54) is 36.7 Å². The first-order chi connectivity index (χ1) is 23.5. The summed E-state index contributed by atoms with van der Waals surface area (Å²) >= 11 is 0. The Morgan fingerprint density at radius 3 is 1.31 bits per heavy atom. The lowest BCUT2D eigenvalue weighted by molar-refractivity contribution is 0.0943. The highest BCUT2D eigenvalue weighted by molar-refractivity contribution is 5.98. The number of benzene rings is 5. The summed E-state index contributed by atoms with van der Waals surface area (Å²) in [5, 5.41) is 8.10. The van der Waals surface area contributed by atoms with Crippen LogP contribution in [-0.4, -0.2) is 38.5 Å². The van der Waals surface area contributed by atoms with Crippen LogP contribution < -0.4 is 29.8 Å². The van der Waals surface area contributed by atoms with Crippen LogP contribution in [0.15, 0.2) is 132 Å². The third-order valence-corrected chi connectivity index (χ3v) is 7.02. The van der Waals surface area contributed by atoms with Gasteiger partial charge in [-0.2, -0.15) is 10.2 Å². The normalized spacial score (nSPS) is 10.9. The molecule has 0 aliphatic rings. The maximum atomic E-state index is 12.6. The third kappa shape index (κ3) is 9.30. The summed E-state index contributed by atoms with van der Waals surface area (Å²) in [5.74, 6) is 1.41. The highest BCUT2D eigenvalue weighted by atomic mass is 16.5. The zero-order valence-corrected chi connectivity index (χ0v) is 26.5. The predicted octanol–water partition coefficient (Wildman–Crippen LogP) is 6.39. The Morgan fingerprint density at radius 1 is 0.542 bits per heavy atom. The Bertz CT molecular complexity index is 1740. The standard InChI is InChI=1S/C38H34N4O6/c1-45-35-21-29(13-19-33(35)47-25-27-9-5-3-6-10-27)23-39-41-37(43)31-15-17-32(18-16-31)38(44)42-40-24-30-14-20-34(36(22-30)46-2)48-26-28-11-7-4-8-12-28/h3-24H,25-26H2,1-2H3,(H,41,43)(H,42,44). The smallest absolute Gasteiger partial charge is 0.271 e. The molecule has 0 unspecified atom stereocenters. The Hall–Kier alpha value is -6.42. The molecular formula is C38H34N4O6. The van der Waals surface area contributed by atoms with Crippen LogP contribution >= 0.6 is 0 Å². The molecule has 0 saturated heterocycles. The van der Waals surface area contributed by atoms with E-state index in [0.29, 0.717) is 58.5 Å². The fraction of sp³-hybridized carbons (Fsp3) is 0.105.